The van der Waals surface area contributed by atoms with Gasteiger partial charge in [0.25, 0.3) is 0 Å². The van der Waals surface area contributed by atoms with Gasteiger partial charge in [-0.1, -0.05) is 37.6 Å². The number of amides is 2. The maximum atomic E-state index is 11.9. The first kappa shape index (κ1) is 17.5. The predicted molar refractivity (Wildman–Crippen MR) is 83.9 cm³/mol. The van der Waals surface area contributed by atoms with Gasteiger partial charge in [-0.15, -0.1) is 0 Å². The van der Waals surface area contributed by atoms with Gasteiger partial charge in [-0.25, -0.2) is 0 Å². The lowest BCUT2D eigenvalue weighted by molar-refractivity contribution is -0.125. The van der Waals surface area contributed by atoms with Crippen molar-refractivity contribution in [2.24, 2.45) is 11.7 Å². The summed E-state index contributed by atoms with van der Waals surface area (Å²) in [4.78, 5) is 23.0. The van der Waals surface area contributed by atoms with Gasteiger partial charge in [0.15, 0.2) is 0 Å². The molecule has 0 bridgehead atoms. The van der Waals surface area contributed by atoms with Crippen molar-refractivity contribution < 1.29 is 9.59 Å². The number of hydrogen-bond acceptors (Lipinski definition) is 3. The Morgan fingerprint density at radius 1 is 1.19 bits per heavy atom. The van der Waals surface area contributed by atoms with Crippen LogP contribution in [-0.2, 0) is 9.59 Å². The van der Waals surface area contributed by atoms with Gasteiger partial charge in [0.2, 0.25) is 11.8 Å². The quantitative estimate of drug-likeness (QED) is 0.715. The summed E-state index contributed by atoms with van der Waals surface area (Å²) >= 11 is 5.88. The number of carbonyl (C=O) groups excluding carboxylic acids is 2. The highest BCUT2D eigenvalue weighted by Crippen LogP contribution is 2.22. The highest BCUT2D eigenvalue weighted by atomic mass is 35.5. The molecule has 1 unspecified atom stereocenters. The zero-order valence-corrected chi connectivity index (χ0v) is 13.1. The summed E-state index contributed by atoms with van der Waals surface area (Å²) in [5.74, 6) is -0.168. The molecule has 0 heterocycles. The second-order valence-electron chi connectivity index (χ2n) is 5.28. The molecule has 0 saturated heterocycles. The molecule has 1 aromatic carbocycles. The molecule has 2 amide bonds. The van der Waals surface area contributed by atoms with Gasteiger partial charge in [-0.3, -0.25) is 9.59 Å². The first-order valence-electron chi connectivity index (χ1n) is 6.94. The van der Waals surface area contributed by atoms with E-state index < -0.39 is 0 Å². The zero-order chi connectivity index (χ0) is 15.8. The van der Waals surface area contributed by atoms with Gasteiger partial charge in [0.1, 0.15) is 0 Å². The van der Waals surface area contributed by atoms with Crippen molar-refractivity contribution in [2.45, 2.75) is 26.3 Å². The van der Waals surface area contributed by atoms with Crippen molar-refractivity contribution in [3.8, 4) is 0 Å². The standard InChI is InChI=1S/C15H22ClN3O2/c1-10(2)7-13(11-3-5-12(16)6-4-11)19-15(21)9-18-14(20)8-17/h3-6,10,13H,7-9,17H2,1-2H3,(H,18,20)(H,19,21). The van der Waals surface area contributed by atoms with Crippen LogP contribution in [-0.4, -0.2) is 24.9 Å². The SMILES string of the molecule is CC(C)CC(NC(=O)CNC(=O)CN)c1ccc(Cl)cc1. The van der Waals surface area contributed by atoms with Gasteiger partial charge in [0.05, 0.1) is 19.1 Å². The minimum atomic E-state index is -0.350. The highest BCUT2D eigenvalue weighted by Gasteiger charge is 2.16. The Balaban J connectivity index is 2.67. The van der Waals surface area contributed by atoms with E-state index >= 15 is 0 Å². The van der Waals surface area contributed by atoms with Crippen LogP contribution >= 0.6 is 11.6 Å². The number of rotatable bonds is 7. The van der Waals surface area contributed by atoms with Gasteiger partial charge >= 0.3 is 0 Å². The Labute approximate surface area is 130 Å². The number of benzene rings is 1. The minimum absolute atomic E-state index is 0.0712. The second kappa shape index (κ2) is 8.64. The lowest BCUT2D eigenvalue weighted by Gasteiger charge is -2.21. The Bertz CT molecular complexity index is 474. The van der Waals surface area contributed by atoms with Crippen LogP contribution in [0.2, 0.25) is 5.02 Å². The molecule has 4 N–H and O–H groups in total. The molecule has 1 atom stereocenters. The summed E-state index contributed by atoms with van der Waals surface area (Å²) in [6.45, 7) is 3.98. The molecule has 1 rings (SSSR count). The summed E-state index contributed by atoms with van der Waals surface area (Å²) < 4.78 is 0. The number of nitrogens with one attached hydrogen (secondary N) is 2. The second-order valence-corrected chi connectivity index (χ2v) is 5.72. The van der Waals surface area contributed by atoms with Crippen LogP contribution in [0.3, 0.4) is 0 Å². The number of halogens is 1. The van der Waals surface area contributed by atoms with Gasteiger partial charge in [-0.2, -0.15) is 0 Å². The van der Waals surface area contributed by atoms with Crippen LogP contribution < -0.4 is 16.4 Å². The lowest BCUT2D eigenvalue weighted by atomic mass is 9.97. The third kappa shape index (κ3) is 6.60. The molecule has 6 heteroatoms. The topological polar surface area (TPSA) is 84.2 Å². The number of hydrogen-bond donors (Lipinski definition) is 3. The van der Waals surface area contributed by atoms with Gasteiger partial charge < -0.3 is 16.4 Å². The van der Waals surface area contributed by atoms with Crippen LogP contribution in [0.1, 0.15) is 31.9 Å². The van der Waals surface area contributed by atoms with E-state index in [1.165, 1.54) is 0 Å². The van der Waals surface area contributed by atoms with Gasteiger partial charge in [-0.05, 0) is 30.0 Å². The van der Waals surface area contributed by atoms with Crippen LogP contribution in [0.25, 0.3) is 0 Å². The van der Waals surface area contributed by atoms with Crippen LogP contribution in [0, 0.1) is 5.92 Å². The molecular weight excluding hydrogens is 290 g/mol. The average Bonchev–Trinajstić information content (AvgIpc) is 2.44. The predicted octanol–water partition coefficient (Wildman–Crippen LogP) is 1.62. The average molecular weight is 312 g/mol. The molecule has 21 heavy (non-hydrogen) atoms. The summed E-state index contributed by atoms with van der Waals surface area (Å²) in [7, 11) is 0. The molecule has 5 nitrogen and oxygen atoms in total. The van der Waals surface area contributed by atoms with Crippen molar-refractivity contribution in [2.75, 3.05) is 13.1 Å². The maximum Gasteiger partial charge on any atom is 0.239 e. The van der Waals surface area contributed by atoms with E-state index in [0.717, 1.165) is 12.0 Å². The van der Waals surface area contributed by atoms with E-state index in [1.807, 2.05) is 12.1 Å². The van der Waals surface area contributed by atoms with E-state index in [4.69, 9.17) is 17.3 Å². The van der Waals surface area contributed by atoms with E-state index in [9.17, 15) is 9.59 Å². The molecule has 0 aromatic heterocycles. The first-order chi connectivity index (χ1) is 9.92. The Morgan fingerprint density at radius 3 is 2.33 bits per heavy atom. The van der Waals surface area contributed by atoms with E-state index in [1.54, 1.807) is 12.1 Å². The third-order valence-electron chi connectivity index (χ3n) is 2.95. The summed E-state index contributed by atoms with van der Waals surface area (Å²) in [6.07, 6.45) is 0.804. The molecule has 0 aliphatic rings. The molecule has 0 fully saturated rings. The number of nitrogens with two attached hydrogens (primary N) is 1. The van der Waals surface area contributed by atoms with E-state index in [0.29, 0.717) is 10.9 Å². The molecule has 0 aliphatic heterocycles. The number of carbonyl (C=O) groups is 2. The molecule has 0 radical (unpaired) electrons. The van der Waals surface area contributed by atoms with E-state index in [2.05, 4.69) is 24.5 Å². The fourth-order valence-electron chi connectivity index (χ4n) is 1.94. The lowest BCUT2D eigenvalue weighted by Crippen LogP contribution is -2.41. The normalized spacial score (nSPS) is 12.0. The van der Waals surface area contributed by atoms with Crippen molar-refractivity contribution >= 4 is 23.4 Å². The largest absolute Gasteiger partial charge is 0.348 e. The molecule has 116 valence electrons. The fourth-order valence-corrected chi connectivity index (χ4v) is 2.07. The summed E-state index contributed by atoms with van der Waals surface area (Å²) in [5, 5.41) is 6.04. The van der Waals surface area contributed by atoms with Crippen LogP contribution in [0.5, 0.6) is 0 Å². The molecular formula is C15H22ClN3O2. The van der Waals surface area contributed by atoms with Crippen molar-refractivity contribution in [1.82, 2.24) is 10.6 Å². The molecule has 0 spiro atoms. The Morgan fingerprint density at radius 2 is 1.81 bits per heavy atom. The Kier molecular flexibility index (Phi) is 7.19. The molecule has 0 aliphatic carbocycles. The fraction of sp³-hybridized carbons (Fsp3) is 0.467. The molecule has 1 aromatic rings. The molecule has 0 saturated carbocycles. The third-order valence-corrected chi connectivity index (χ3v) is 3.20. The van der Waals surface area contributed by atoms with Crippen molar-refractivity contribution in [1.29, 1.82) is 0 Å². The van der Waals surface area contributed by atoms with Crippen LogP contribution in [0.15, 0.2) is 24.3 Å². The summed E-state index contributed by atoms with van der Waals surface area (Å²) in [5.41, 5.74) is 6.17. The first-order valence-corrected chi connectivity index (χ1v) is 7.31. The minimum Gasteiger partial charge on any atom is -0.348 e. The van der Waals surface area contributed by atoms with Crippen LogP contribution in [0.4, 0.5) is 0 Å². The van der Waals surface area contributed by atoms with Crippen molar-refractivity contribution in [3.63, 3.8) is 0 Å². The van der Waals surface area contributed by atoms with E-state index in [-0.39, 0.29) is 30.9 Å². The zero-order valence-electron chi connectivity index (χ0n) is 12.4. The summed E-state index contributed by atoms with van der Waals surface area (Å²) in [6, 6.07) is 7.28. The van der Waals surface area contributed by atoms with Crippen molar-refractivity contribution in [3.05, 3.63) is 34.9 Å². The monoisotopic (exact) mass is 311 g/mol. The Hall–Kier alpha value is -1.59. The van der Waals surface area contributed by atoms with Gasteiger partial charge in [0, 0.05) is 5.02 Å². The highest BCUT2D eigenvalue weighted by molar-refractivity contribution is 6.30. The smallest absolute Gasteiger partial charge is 0.239 e. The maximum absolute atomic E-state index is 11.9.